The molecule has 2 heterocycles. The molecule has 0 unspecified atom stereocenters. The maximum atomic E-state index is 5.02. The van der Waals surface area contributed by atoms with Gasteiger partial charge in [-0.1, -0.05) is 48.0 Å². The molecule has 0 atom stereocenters. The van der Waals surface area contributed by atoms with Crippen molar-refractivity contribution < 1.29 is 0 Å². The molecule has 0 saturated heterocycles. The average Bonchev–Trinajstić information content (AvgIpc) is 3.09. The van der Waals surface area contributed by atoms with E-state index in [4.69, 9.17) is 9.97 Å². The molecule has 0 spiro atoms. The van der Waals surface area contributed by atoms with Crippen molar-refractivity contribution in [2.24, 2.45) is 0 Å². The van der Waals surface area contributed by atoms with Gasteiger partial charge in [0.1, 0.15) is 16.5 Å². The molecule has 4 aromatic rings. The van der Waals surface area contributed by atoms with E-state index in [0.29, 0.717) is 0 Å². The zero-order chi connectivity index (χ0) is 19.8. The second-order valence-electron chi connectivity index (χ2n) is 7.99. The fourth-order valence-corrected chi connectivity index (χ4v) is 5.51. The first-order valence-electron chi connectivity index (χ1n) is 10.4. The Labute approximate surface area is 175 Å². The number of thiophene rings is 1. The number of anilines is 2. The molecule has 1 aliphatic carbocycles. The molecule has 0 radical (unpaired) electrons. The lowest BCUT2D eigenvalue weighted by molar-refractivity contribution is 0.700. The number of aromatic nitrogens is 2. The number of nitrogens with one attached hydrogen (secondary N) is 1. The Kier molecular flexibility index (Phi) is 4.80. The molecule has 2 aromatic heterocycles. The van der Waals surface area contributed by atoms with Crippen LogP contribution in [0.2, 0.25) is 0 Å². The Morgan fingerprint density at radius 3 is 2.62 bits per heavy atom. The highest BCUT2D eigenvalue weighted by molar-refractivity contribution is 7.19. The van der Waals surface area contributed by atoms with Gasteiger partial charge in [0.25, 0.3) is 0 Å². The van der Waals surface area contributed by atoms with Crippen LogP contribution in [0.3, 0.4) is 0 Å². The molecule has 5 rings (SSSR count). The van der Waals surface area contributed by atoms with Gasteiger partial charge in [-0.25, -0.2) is 9.97 Å². The monoisotopic (exact) mass is 399 g/mol. The van der Waals surface area contributed by atoms with Crippen LogP contribution in [0.4, 0.5) is 11.5 Å². The van der Waals surface area contributed by atoms with Crippen molar-refractivity contribution in [3.05, 3.63) is 81.5 Å². The van der Waals surface area contributed by atoms with Crippen LogP contribution in [0.15, 0.2) is 48.5 Å². The SMILES string of the molecule is Cc1ccc(Nc2nc(Cc3ccccc3)nc3sc4c(c23)CCCC4)c(C)c1. The molecule has 0 bridgehead atoms. The van der Waals surface area contributed by atoms with Gasteiger partial charge in [-0.05, 0) is 62.3 Å². The van der Waals surface area contributed by atoms with Crippen LogP contribution in [0, 0.1) is 13.8 Å². The van der Waals surface area contributed by atoms with Gasteiger partial charge >= 0.3 is 0 Å². The third-order valence-corrected chi connectivity index (χ3v) is 6.89. The Morgan fingerprint density at radius 1 is 0.966 bits per heavy atom. The molecule has 0 fully saturated rings. The van der Waals surface area contributed by atoms with Crippen molar-refractivity contribution in [3.63, 3.8) is 0 Å². The Hall–Kier alpha value is -2.72. The molecule has 0 saturated carbocycles. The summed E-state index contributed by atoms with van der Waals surface area (Å²) in [5.41, 5.74) is 6.35. The highest BCUT2D eigenvalue weighted by atomic mass is 32.1. The third kappa shape index (κ3) is 3.65. The Bertz CT molecular complexity index is 1180. The van der Waals surface area contributed by atoms with E-state index in [1.165, 1.54) is 51.8 Å². The van der Waals surface area contributed by atoms with Crippen molar-refractivity contribution in [2.45, 2.75) is 46.0 Å². The predicted molar refractivity (Wildman–Crippen MR) is 123 cm³/mol. The van der Waals surface area contributed by atoms with Crippen molar-refractivity contribution in [1.29, 1.82) is 0 Å². The molecular weight excluding hydrogens is 374 g/mol. The second-order valence-corrected chi connectivity index (χ2v) is 9.07. The van der Waals surface area contributed by atoms with Gasteiger partial charge in [0.15, 0.2) is 0 Å². The Morgan fingerprint density at radius 2 is 1.79 bits per heavy atom. The van der Waals surface area contributed by atoms with Crippen LogP contribution in [0.5, 0.6) is 0 Å². The number of nitrogens with zero attached hydrogens (tertiary/aromatic N) is 2. The fourth-order valence-electron chi connectivity index (χ4n) is 4.23. The zero-order valence-corrected chi connectivity index (χ0v) is 17.8. The molecule has 3 nitrogen and oxygen atoms in total. The van der Waals surface area contributed by atoms with E-state index in [1.54, 1.807) is 0 Å². The van der Waals surface area contributed by atoms with Crippen molar-refractivity contribution in [2.75, 3.05) is 5.32 Å². The molecule has 4 heteroatoms. The van der Waals surface area contributed by atoms with E-state index in [0.717, 1.165) is 35.0 Å². The van der Waals surface area contributed by atoms with Crippen molar-refractivity contribution >= 4 is 33.1 Å². The largest absolute Gasteiger partial charge is 0.339 e. The number of hydrogen-bond acceptors (Lipinski definition) is 4. The molecule has 146 valence electrons. The second kappa shape index (κ2) is 7.60. The first-order valence-corrected chi connectivity index (χ1v) is 11.2. The summed E-state index contributed by atoms with van der Waals surface area (Å²) in [5.74, 6) is 1.85. The number of hydrogen-bond donors (Lipinski definition) is 1. The molecule has 0 aliphatic heterocycles. The van der Waals surface area contributed by atoms with Crippen LogP contribution < -0.4 is 5.32 Å². The third-order valence-electron chi connectivity index (χ3n) is 5.70. The van der Waals surface area contributed by atoms with E-state index in [9.17, 15) is 0 Å². The fraction of sp³-hybridized carbons (Fsp3) is 0.280. The van der Waals surface area contributed by atoms with Crippen LogP contribution >= 0.6 is 11.3 Å². The lowest BCUT2D eigenvalue weighted by Gasteiger charge is -2.15. The number of fused-ring (bicyclic) bond motifs is 3. The number of aryl methyl sites for hydroxylation is 4. The first kappa shape index (κ1) is 18.3. The average molecular weight is 400 g/mol. The summed E-state index contributed by atoms with van der Waals surface area (Å²) in [6.45, 7) is 4.29. The first-order chi connectivity index (χ1) is 14.2. The van der Waals surface area contributed by atoms with Crippen molar-refractivity contribution in [1.82, 2.24) is 9.97 Å². The minimum atomic E-state index is 0.751. The number of rotatable bonds is 4. The number of benzene rings is 2. The van der Waals surface area contributed by atoms with Gasteiger partial charge in [-0.15, -0.1) is 11.3 Å². The molecule has 0 amide bonds. The minimum absolute atomic E-state index is 0.751. The van der Waals surface area contributed by atoms with E-state index in [-0.39, 0.29) is 0 Å². The van der Waals surface area contributed by atoms with Gasteiger partial charge in [0.2, 0.25) is 0 Å². The molecule has 29 heavy (non-hydrogen) atoms. The smallest absolute Gasteiger partial charge is 0.143 e. The van der Waals surface area contributed by atoms with Crippen LogP contribution in [0.1, 0.15) is 45.8 Å². The van der Waals surface area contributed by atoms with Crippen LogP contribution in [0.25, 0.3) is 10.2 Å². The molecule has 1 N–H and O–H groups in total. The van der Waals surface area contributed by atoms with Gasteiger partial charge in [-0.3, -0.25) is 0 Å². The summed E-state index contributed by atoms with van der Waals surface area (Å²) in [5, 5.41) is 4.90. The van der Waals surface area contributed by atoms with E-state index < -0.39 is 0 Å². The summed E-state index contributed by atoms with van der Waals surface area (Å²) in [6, 6.07) is 17.0. The van der Waals surface area contributed by atoms with Gasteiger partial charge in [-0.2, -0.15) is 0 Å². The molecular formula is C25H25N3S. The summed E-state index contributed by atoms with van der Waals surface area (Å²) in [4.78, 5) is 12.6. The molecule has 2 aromatic carbocycles. The summed E-state index contributed by atoms with van der Waals surface area (Å²) in [6.07, 6.45) is 5.60. The van der Waals surface area contributed by atoms with E-state index in [1.807, 2.05) is 17.4 Å². The zero-order valence-electron chi connectivity index (χ0n) is 17.0. The van der Waals surface area contributed by atoms with E-state index >= 15 is 0 Å². The topological polar surface area (TPSA) is 37.8 Å². The lowest BCUT2D eigenvalue weighted by atomic mass is 9.97. The summed E-state index contributed by atoms with van der Waals surface area (Å²) in [7, 11) is 0. The predicted octanol–water partition coefficient (Wildman–Crippen LogP) is 6.52. The quantitative estimate of drug-likeness (QED) is 0.424. The highest BCUT2D eigenvalue weighted by Gasteiger charge is 2.21. The minimum Gasteiger partial charge on any atom is -0.339 e. The lowest BCUT2D eigenvalue weighted by Crippen LogP contribution is -2.05. The van der Waals surface area contributed by atoms with Gasteiger partial charge < -0.3 is 5.32 Å². The van der Waals surface area contributed by atoms with E-state index in [2.05, 4.69) is 61.6 Å². The van der Waals surface area contributed by atoms with Gasteiger partial charge in [0, 0.05) is 17.0 Å². The van der Waals surface area contributed by atoms with Crippen LogP contribution in [-0.2, 0) is 19.3 Å². The standard InChI is InChI=1S/C25H25N3S/c1-16-12-13-20(17(2)14-16)26-24-23-19-10-6-7-11-21(19)29-25(23)28-22(27-24)15-18-8-4-3-5-9-18/h3-5,8-9,12-14H,6-7,10-11,15H2,1-2H3,(H,26,27,28). The normalized spacial score (nSPS) is 13.4. The van der Waals surface area contributed by atoms with Crippen molar-refractivity contribution in [3.8, 4) is 0 Å². The Balaban J connectivity index is 1.63. The summed E-state index contributed by atoms with van der Waals surface area (Å²) < 4.78 is 0. The maximum absolute atomic E-state index is 5.02. The summed E-state index contributed by atoms with van der Waals surface area (Å²) >= 11 is 1.86. The van der Waals surface area contributed by atoms with Crippen LogP contribution in [-0.4, -0.2) is 9.97 Å². The van der Waals surface area contributed by atoms with Gasteiger partial charge in [0.05, 0.1) is 5.39 Å². The maximum Gasteiger partial charge on any atom is 0.143 e. The highest BCUT2D eigenvalue weighted by Crippen LogP contribution is 2.39. The molecule has 1 aliphatic rings.